The van der Waals surface area contributed by atoms with Crippen molar-refractivity contribution < 1.29 is 0 Å². The Bertz CT molecular complexity index is 301. The largest absolute Gasteiger partial charge is 0.399 e. The zero-order chi connectivity index (χ0) is 10.6. The van der Waals surface area contributed by atoms with E-state index in [1.54, 1.807) is 0 Å². The number of nitrogens with two attached hydrogens (primary N) is 1. The predicted molar refractivity (Wildman–Crippen MR) is 66.9 cm³/mol. The summed E-state index contributed by atoms with van der Waals surface area (Å²) >= 11 is 7.97. The van der Waals surface area contributed by atoms with E-state index >= 15 is 0 Å². The molecule has 1 aromatic carbocycles. The Morgan fingerprint density at radius 3 is 2.86 bits per heavy atom. The molecule has 3 heteroatoms. The van der Waals surface area contributed by atoms with Gasteiger partial charge in [0.15, 0.2) is 0 Å². The molecule has 1 rings (SSSR count). The Labute approximate surface area is 95.0 Å². The third-order valence-corrected chi connectivity index (χ3v) is 3.92. The van der Waals surface area contributed by atoms with E-state index < -0.39 is 0 Å². The first-order valence-electron chi connectivity index (χ1n) is 4.79. The van der Waals surface area contributed by atoms with E-state index in [2.05, 4.69) is 13.8 Å². The lowest BCUT2D eigenvalue weighted by atomic mass is 10.2. The second-order valence-corrected chi connectivity index (χ2v) is 5.21. The number of hydrogen-bond donors (Lipinski definition) is 1. The molecular formula is C11H16ClNS. The SMILES string of the molecule is CCC(C)SCc1cc(N)ccc1Cl. The van der Waals surface area contributed by atoms with Crippen LogP contribution in [-0.2, 0) is 5.75 Å². The van der Waals surface area contributed by atoms with Gasteiger partial charge in [-0.3, -0.25) is 0 Å². The number of rotatable bonds is 4. The van der Waals surface area contributed by atoms with Crippen molar-refractivity contribution in [2.75, 3.05) is 5.73 Å². The van der Waals surface area contributed by atoms with Crippen LogP contribution in [0.15, 0.2) is 18.2 Å². The molecule has 2 N–H and O–H groups in total. The van der Waals surface area contributed by atoms with Crippen LogP contribution in [0.2, 0.25) is 5.02 Å². The highest BCUT2D eigenvalue weighted by atomic mass is 35.5. The zero-order valence-electron chi connectivity index (χ0n) is 8.59. The summed E-state index contributed by atoms with van der Waals surface area (Å²) in [6.07, 6.45) is 1.19. The van der Waals surface area contributed by atoms with Gasteiger partial charge in [0.05, 0.1) is 0 Å². The summed E-state index contributed by atoms with van der Waals surface area (Å²) in [6.45, 7) is 4.42. The molecule has 0 spiro atoms. The third kappa shape index (κ3) is 3.43. The number of hydrogen-bond acceptors (Lipinski definition) is 2. The lowest BCUT2D eigenvalue weighted by Crippen LogP contribution is -1.95. The maximum Gasteiger partial charge on any atom is 0.0447 e. The molecule has 0 saturated heterocycles. The van der Waals surface area contributed by atoms with Gasteiger partial charge in [-0.2, -0.15) is 11.8 Å². The maximum atomic E-state index is 6.05. The third-order valence-electron chi connectivity index (χ3n) is 2.17. The summed E-state index contributed by atoms with van der Waals surface area (Å²) < 4.78 is 0. The number of anilines is 1. The first kappa shape index (κ1) is 11.7. The van der Waals surface area contributed by atoms with Crippen LogP contribution in [0.5, 0.6) is 0 Å². The molecule has 0 amide bonds. The molecule has 0 bridgehead atoms. The molecule has 0 radical (unpaired) electrons. The van der Waals surface area contributed by atoms with Crippen molar-refractivity contribution in [3.05, 3.63) is 28.8 Å². The number of thioether (sulfide) groups is 1. The summed E-state index contributed by atoms with van der Waals surface area (Å²) in [4.78, 5) is 0. The molecule has 0 aliphatic rings. The average molecular weight is 230 g/mol. The Kier molecular flexibility index (Phi) is 4.63. The van der Waals surface area contributed by atoms with E-state index in [0.29, 0.717) is 5.25 Å². The summed E-state index contributed by atoms with van der Waals surface area (Å²) in [5.41, 5.74) is 7.62. The molecule has 0 fully saturated rings. The lowest BCUT2D eigenvalue weighted by molar-refractivity contribution is 0.905. The Morgan fingerprint density at radius 1 is 1.50 bits per heavy atom. The molecule has 14 heavy (non-hydrogen) atoms. The van der Waals surface area contributed by atoms with Gasteiger partial charge < -0.3 is 5.73 Å². The number of halogens is 1. The van der Waals surface area contributed by atoms with Gasteiger partial charge in [-0.1, -0.05) is 25.4 Å². The van der Waals surface area contributed by atoms with Gasteiger partial charge in [0.2, 0.25) is 0 Å². The first-order valence-corrected chi connectivity index (χ1v) is 6.21. The maximum absolute atomic E-state index is 6.05. The van der Waals surface area contributed by atoms with Crippen LogP contribution in [0.4, 0.5) is 5.69 Å². The molecule has 78 valence electrons. The van der Waals surface area contributed by atoms with Crippen LogP contribution >= 0.6 is 23.4 Å². The fourth-order valence-electron chi connectivity index (χ4n) is 1.06. The molecular weight excluding hydrogens is 214 g/mol. The van der Waals surface area contributed by atoms with Gasteiger partial charge in [-0.25, -0.2) is 0 Å². The molecule has 0 saturated carbocycles. The highest BCUT2D eigenvalue weighted by molar-refractivity contribution is 7.99. The second-order valence-electron chi connectivity index (χ2n) is 3.38. The molecule has 0 aliphatic heterocycles. The van der Waals surface area contributed by atoms with Crippen molar-refractivity contribution in [2.45, 2.75) is 31.3 Å². The van der Waals surface area contributed by atoms with Crippen LogP contribution in [0, 0.1) is 0 Å². The van der Waals surface area contributed by atoms with Crippen LogP contribution in [-0.4, -0.2) is 5.25 Å². The molecule has 0 aliphatic carbocycles. The van der Waals surface area contributed by atoms with Crippen molar-refractivity contribution in [3.8, 4) is 0 Å². The average Bonchev–Trinajstić information content (AvgIpc) is 2.19. The molecule has 1 atom stereocenters. The standard InChI is InChI=1S/C11H16ClNS/c1-3-8(2)14-7-9-6-10(13)4-5-11(9)12/h4-6,8H,3,7,13H2,1-2H3. The van der Waals surface area contributed by atoms with Gasteiger partial charge >= 0.3 is 0 Å². The minimum atomic E-state index is 0.674. The number of nitrogen functional groups attached to an aromatic ring is 1. The van der Waals surface area contributed by atoms with E-state index in [1.165, 1.54) is 6.42 Å². The van der Waals surface area contributed by atoms with Gasteiger partial charge in [0, 0.05) is 21.7 Å². The van der Waals surface area contributed by atoms with E-state index in [4.69, 9.17) is 17.3 Å². The fraction of sp³-hybridized carbons (Fsp3) is 0.455. The fourth-order valence-corrected chi connectivity index (χ4v) is 2.26. The minimum absolute atomic E-state index is 0.674. The van der Waals surface area contributed by atoms with Crippen molar-refractivity contribution in [3.63, 3.8) is 0 Å². The van der Waals surface area contributed by atoms with Crippen LogP contribution in [0.1, 0.15) is 25.8 Å². The molecule has 0 aromatic heterocycles. The van der Waals surface area contributed by atoms with Crippen molar-refractivity contribution >= 4 is 29.1 Å². The second kappa shape index (κ2) is 5.52. The first-order chi connectivity index (χ1) is 6.63. The van der Waals surface area contributed by atoms with Crippen molar-refractivity contribution in [1.82, 2.24) is 0 Å². The Morgan fingerprint density at radius 2 is 2.21 bits per heavy atom. The predicted octanol–water partition coefficient (Wildman–Crippen LogP) is 3.95. The topological polar surface area (TPSA) is 26.0 Å². The lowest BCUT2D eigenvalue weighted by Gasteiger charge is -2.09. The van der Waals surface area contributed by atoms with Gasteiger partial charge in [-0.15, -0.1) is 0 Å². The summed E-state index contributed by atoms with van der Waals surface area (Å²) in [5.74, 6) is 0.943. The normalized spacial score (nSPS) is 12.8. The Balaban J connectivity index is 2.62. The highest BCUT2D eigenvalue weighted by Crippen LogP contribution is 2.26. The van der Waals surface area contributed by atoms with Gasteiger partial charge in [0.1, 0.15) is 0 Å². The smallest absolute Gasteiger partial charge is 0.0447 e. The Hall–Kier alpha value is -0.340. The van der Waals surface area contributed by atoms with Crippen LogP contribution < -0.4 is 5.73 Å². The quantitative estimate of drug-likeness (QED) is 0.792. The monoisotopic (exact) mass is 229 g/mol. The summed E-state index contributed by atoms with van der Waals surface area (Å²) in [6, 6.07) is 5.65. The van der Waals surface area contributed by atoms with E-state index in [1.807, 2.05) is 30.0 Å². The molecule has 1 aromatic rings. The van der Waals surface area contributed by atoms with Crippen molar-refractivity contribution in [2.24, 2.45) is 0 Å². The van der Waals surface area contributed by atoms with E-state index in [-0.39, 0.29) is 0 Å². The van der Waals surface area contributed by atoms with Crippen LogP contribution in [0.3, 0.4) is 0 Å². The summed E-state index contributed by atoms with van der Waals surface area (Å²) in [5, 5.41) is 1.49. The minimum Gasteiger partial charge on any atom is -0.399 e. The van der Waals surface area contributed by atoms with Gasteiger partial charge in [0.25, 0.3) is 0 Å². The van der Waals surface area contributed by atoms with Crippen molar-refractivity contribution in [1.29, 1.82) is 0 Å². The molecule has 1 nitrogen and oxygen atoms in total. The summed E-state index contributed by atoms with van der Waals surface area (Å²) in [7, 11) is 0. The molecule has 1 unspecified atom stereocenters. The van der Waals surface area contributed by atoms with Gasteiger partial charge in [-0.05, 0) is 30.2 Å². The van der Waals surface area contributed by atoms with E-state index in [9.17, 15) is 0 Å². The van der Waals surface area contributed by atoms with E-state index in [0.717, 1.165) is 22.0 Å². The van der Waals surface area contributed by atoms with Crippen LogP contribution in [0.25, 0.3) is 0 Å². The molecule has 0 heterocycles. The highest BCUT2D eigenvalue weighted by Gasteiger charge is 2.04. The zero-order valence-corrected chi connectivity index (χ0v) is 10.2. The number of benzene rings is 1.